The summed E-state index contributed by atoms with van der Waals surface area (Å²) in [5.74, 6) is 0.383. The molecule has 0 aromatic rings. The van der Waals surface area contributed by atoms with Crippen LogP contribution in [0, 0.1) is 5.92 Å². The summed E-state index contributed by atoms with van der Waals surface area (Å²) < 4.78 is 24.4. The first-order valence-electron chi connectivity index (χ1n) is 4.60. The van der Waals surface area contributed by atoms with Crippen LogP contribution in [0.4, 0.5) is 0 Å². The van der Waals surface area contributed by atoms with Crippen molar-refractivity contribution >= 4 is 10.0 Å². The van der Waals surface area contributed by atoms with Crippen molar-refractivity contribution in [3.8, 4) is 0 Å². The van der Waals surface area contributed by atoms with Gasteiger partial charge in [0.2, 0.25) is 10.0 Å². The molecule has 0 aliphatic heterocycles. The maximum absolute atomic E-state index is 11.0. The fourth-order valence-electron chi connectivity index (χ4n) is 0.872. The second-order valence-corrected chi connectivity index (χ2v) is 5.32. The maximum atomic E-state index is 11.0. The molecule has 0 spiro atoms. The highest BCUT2D eigenvalue weighted by molar-refractivity contribution is 7.89. The lowest BCUT2D eigenvalue weighted by Gasteiger charge is -2.07. The predicted octanol–water partition coefficient (Wildman–Crippen LogP) is 0.334. The third-order valence-electron chi connectivity index (χ3n) is 1.89. The van der Waals surface area contributed by atoms with Crippen molar-refractivity contribution in [2.45, 2.75) is 26.7 Å². The normalized spacial score (nSPS) is 14.4. The molecule has 0 aromatic heterocycles. The van der Waals surface area contributed by atoms with Crippen LogP contribution in [0.15, 0.2) is 0 Å². The Bertz CT molecular complexity index is 213. The molecular weight excluding hydrogens is 190 g/mol. The Balaban J connectivity index is 3.47. The molecule has 0 heterocycles. The highest BCUT2D eigenvalue weighted by Gasteiger charge is 2.05. The second kappa shape index (κ2) is 6.34. The number of aliphatic hydroxyl groups excluding tert-OH is 1. The summed E-state index contributed by atoms with van der Waals surface area (Å²) in [5, 5.41) is 8.70. The molecule has 0 saturated carbocycles. The van der Waals surface area contributed by atoms with E-state index in [4.69, 9.17) is 5.11 Å². The first-order chi connectivity index (χ1) is 6.02. The third kappa shape index (κ3) is 6.98. The smallest absolute Gasteiger partial charge is 0.211 e. The van der Waals surface area contributed by atoms with E-state index in [9.17, 15) is 8.42 Å². The number of rotatable bonds is 7. The van der Waals surface area contributed by atoms with Crippen LogP contribution in [0.1, 0.15) is 26.7 Å². The monoisotopic (exact) mass is 209 g/mol. The molecule has 0 fully saturated rings. The minimum atomic E-state index is -3.04. The largest absolute Gasteiger partial charge is 0.396 e. The van der Waals surface area contributed by atoms with Gasteiger partial charge in [0.1, 0.15) is 0 Å². The number of nitrogens with one attached hydrogen (secondary N) is 1. The van der Waals surface area contributed by atoms with Crippen molar-refractivity contribution in [3.63, 3.8) is 0 Å². The van der Waals surface area contributed by atoms with E-state index in [0.29, 0.717) is 6.54 Å². The third-order valence-corrected chi connectivity index (χ3v) is 3.29. The molecule has 1 atom stereocenters. The number of sulfonamides is 1. The maximum Gasteiger partial charge on any atom is 0.211 e. The van der Waals surface area contributed by atoms with Gasteiger partial charge >= 0.3 is 0 Å². The summed E-state index contributed by atoms with van der Waals surface area (Å²) in [6, 6.07) is 0. The summed E-state index contributed by atoms with van der Waals surface area (Å²) in [6.45, 7) is 4.19. The lowest BCUT2D eigenvalue weighted by molar-refractivity contribution is 0.228. The molecule has 4 nitrogen and oxygen atoms in total. The Hall–Kier alpha value is -0.130. The predicted molar refractivity (Wildman–Crippen MR) is 52.9 cm³/mol. The molecule has 0 bridgehead atoms. The summed E-state index contributed by atoms with van der Waals surface area (Å²) in [7, 11) is -3.04. The Kier molecular flexibility index (Phi) is 6.28. The van der Waals surface area contributed by atoms with E-state index in [0.717, 1.165) is 12.8 Å². The van der Waals surface area contributed by atoms with Crippen molar-refractivity contribution in [2.24, 2.45) is 5.92 Å². The van der Waals surface area contributed by atoms with Gasteiger partial charge in [0.05, 0.1) is 5.75 Å². The molecule has 0 aliphatic carbocycles. The zero-order valence-electron chi connectivity index (χ0n) is 8.28. The van der Waals surface area contributed by atoms with Gasteiger partial charge in [-0.1, -0.05) is 6.92 Å². The van der Waals surface area contributed by atoms with Crippen molar-refractivity contribution < 1.29 is 13.5 Å². The highest BCUT2D eigenvalue weighted by Crippen LogP contribution is 2.02. The summed E-state index contributed by atoms with van der Waals surface area (Å²) in [4.78, 5) is 0. The fourth-order valence-corrected chi connectivity index (χ4v) is 1.53. The van der Waals surface area contributed by atoms with Gasteiger partial charge in [0.25, 0.3) is 0 Å². The van der Waals surface area contributed by atoms with Crippen molar-refractivity contribution in [3.05, 3.63) is 0 Å². The molecule has 0 rings (SSSR count). The van der Waals surface area contributed by atoms with Crippen molar-refractivity contribution in [2.75, 3.05) is 18.9 Å². The van der Waals surface area contributed by atoms with E-state index < -0.39 is 10.0 Å². The Morgan fingerprint density at radius 1 is 1.46 bits per heavy atom. The van der Waals surface area contributed by atoms with Gasteiger partial charge in [0.15, 0.2) is 0 Å². The van der Waals surface area contributed by atoms with E-state index in [1.54, 1.807) is 6.92 Å². The van der Waals surface area contributed by atoms with Gasteiger partial charge in [-0.25, -0.2) is 13.1 Å². The number of hydrogen-bond donors (Lipinski definition) is 2. The lowest BCUT2D eigenvalue weighted by Crippen LogP contribution is -2.26. The van der Waals surface area contributed by atoms with E-state index in [2.05, 4.69) is 4.72 Å². The average molecular weight is 209 g/mol. The highest BCUT2D eigenvalue weighted by atomic mass is 32.2. The first-order valence-corrected chi connectivity index (χ1v) is 6.25. The lowest BCUT2D eigenvalue weighted by atomic mass is 10.1. The van der Waals surface area contributed by atoms with Crippen LogP contribution in [-0.4, -0.2) is 32.4 Å². The van der Waals surface area contributed by atoms with E-state index in [1.165, 1.54) is 0 Å². The van der Waals surface area contributed by atoms with Crippen LogP contribution in [-0.2, 0) is 10.0 Å². The quantitative estimate of drug-likeness (QED) is 0.594. The van der Waals surface area contributed by atoms with Crippen molar-refractivity contribution in [1.29, 1.82) is 0 Å². The van der Waals surface area contributed by atoms with E-state index >= 15 is 0 Å². The summed E-state index contributed by atoms with van der Waals surface area (Å²) in [6.07, 6.45) is 1.63. The van der Waals surface area contributed by atoms with Crippen LogP contribution in [0.5, 0.6) is 0 Å². The van der Waals surface area contributed by atoms with E-state index in [1.807, 2.05) is 6.92 Å². The van der Waals surface area contributed by atoms with Gasteiger partial charge < -0.3 is 5.11 Å². The number of aliphatic hydroxyl groups is 1. The minimum absolute atomic E-state index is 0.128. The molecule has 0 amide bonds. The fraction of sp³-hybridized carbons (Fsp3) is 1.00. The topological polar surface area (TPSA) is 66.4 Å². The van der Waals surface area contributed by atoms with Crippen LogP contribution < -0.4 is 4.72 Å². The van der Waals surface area contributed by atoms with Gasteiger partial charge in [-0.05, 0) is 25.7 Å². The van der Waals surface area contributed by atoms with Crippen LogP contribution in [0.2, 0.25) is 0 Å². The molecule has 1 unspecified atom stereocenters. The molecule has 2 N–H and O–H groups in total. The van der Waals surface area contributed by atoms with Crippen LogP contribution in [0.3, 0.4) is 0 Å². The molecule has 80 valence electrons. The Morgan fingerprint density at radius 3 is 2.54 bits per heavy atom. The first kappa shape index (κ1) is 12.9. The molecule has 13 heavy (non-hydrogen) atoms. The van der Waals surface area contributed by atoms with Gasteiger partial charge in [-0.2, -0.15) is 0 Å². The van der Waals surface area contributed by atoms with Gasteiger partial charge in [-0.15, -0.1) is 0 Å². The summed E-state index contributed by atoms with van der Waals surface area (Å²) >= 11 is 0. The Labute approximate surface area is 80.4 Å². The standard InChI is InChI=1S/C8H19NO3S/c1-3-13(11,12)9-6-4-5-8(2)7-10/h8-10H,3-7H2,1-2H3. The van der Waals surface area contributed by atoms with Gasteiger partial charge in [-0.3, -0.25) is 0 Å². The van der Waals surface area contributed by atoms with Gasteiger partial charge in [0, 0.05) is 13.2 Å². The zero-order chi connectivity index (χ0) is 10.3. The Morgan fingerprint density at radius 2 is 2.08 bits per heavy atom. The molecule has 0 saturated heterocycles. The average Bonchev–Trinajstić information content (AvgIpc) is 2.12. The minimum Gasteiger partial charge on any atom is -0.396 e. The van der Waals surface area contributed by atoms with Crippen LogP contribution >= 0.6 is 0 Å². The van der Waals surface area contributed by atoms with E-state index in [-0.39, 0.29) is 18.3 Å². The molecule has 0 radical (unpaired) electrons. The second-order valence-electron chi connectivity index (χ2n) is 3.23. The molecular formula is C8H19NO3S. The number of hydrogen-bond acceptors (Lipinski definition) is 3. The van der Waals surface area contributed by atoms with Crippen molar-refractivity contribution in [1.82, 2.24) is 4.72 Å². The summed E-state index contributed by atoms with van der Waals surface area (Å²) in [5.41, 5.74) is 0. The van der Waals surface area contributed by atoms with Crippen LogP contribution in [0.25, 0.3) is 0 Å². The SMILES string of the molecule is CCS(=O)(=O)NCCCC(C)CO. The molecule has 5 heteroatoms. The molecule has 0 aliphatic rings. The zero-order valence-corrected chi connectivity index (χ0v) is 9.10. The molecule has 0 aromatic carbocycles.